The van der Waals surface area contributed by atoms with E-state index in [-0.39, 0.29) is 29.5 Å². The molecule has 9 heteroatoms. The van der Waals surface area contributed by atoms with Gasteiger partial charge in [-0.3, -0.25) is 24.2 Å². The van der Waals surface area contributed by atoms with E-state index in [1.807, 2.05) is 23.1 Å². The monoisotopic (exact) mass is 457 g/mol. The Morgan fingerprint density at radius 1 is 1.06 bits per heavy atom. The number of nitrogens with one attached hydrogen (secondary N) is 3. The van der Waals surface area contributed by atoms with Gasteiger partial charge in [0.25, 0.3) is 5.56 Å². The lowest BCUT2D eigenvalue weighted by molar-refractivity contribution is -0.123. The Hall–Kier alpha value is -4.27. The minimum absolute atomic E-state index is 0.0821. The highest BCUT2D eigenvalue weighted by Gasteiger charge is 2.35. The average molecular weight is 457 g/mol. The third kappa shape index (κ3) is 4.07. The summed E-state index contributed by atoms with van der Waals surface area (Å²) in [6, 6.07) is 14.6. The number of benzene rings is 2. The van der Waals surface area contributed by atoms with Crippen LogP contribution in [-0.4, -0.2) is 34.1 Å². The summed E-state index contributed by atoms with van der Waals surface area (Å²) in [6.45, 7) is 2.72. The predicted molar refractivity (Wildman–Crippen MR) is 127 cm³/mol. The fourth-order valence-electron chi connectivity index (χ4n) is 4.43. The molecule has 0 radical (unpaired) electrons. The number of carbonyl (C=O) groups excluding carboxylic acids is 3. The Morgan fingerprint density at radius 3 is 2.53 bits per heavy atom. The van der Waals surface area contributed by atoms with Crippen LogP contribution in [0.15, 0.2) is 53.3 Å². The van der Waals surface area contributed by atoms with Crippen LogP contribution in [0.25, 0.3) is 0 Å². The molecule has 2 aromatic carbocycles. The van der Waals surface area contributed by atoms with E-state index in [0.717, 1.165) is 12.0 Å². The smallest absolute Gasteiger partial charge is 0.258 e. The average Bonchev–Trinajstić information content (AvgIpc) is 2.83. The molecule has 34 heavy (non-hydrogen) atoms. The predicted octanol–water partition coefficient (Wildman–Crippen LogP) is 2.60. The molecule has 1 unspecified atom stereocenters. The Morgan fingerprint density at radius 2 is 1.79 bits per heavy atom. The van der Waals surface area contributed by atoms with Crippen LogP contribution in [0, 0.1) is 0 Å². The highest BCUT2D eigenvalue weighted by molar-refractivity contribution is 6.04. The summed E-state index contributed by atoms with van der Waals surface area (Å²) >= 11 is 0. The highest BCUT2D eigenvalue weighted by atomic mass is 16.2. The van der Waals surface area contributed by atoms with Crippen molar-refractivity contribution in [1.29, 1.82) is 0 Å². The molecule has 1 atom stereocenters. The van der Waals surface area contributed by atoms with Gasteiger partial charge in [0.15, 0.2) is 5.78 Å². The minimum atomic E-state index is -0.983. The SMILES string of the molecule is CC(=O)c1ccc(NC(=O)C2CC(=O)Nc3nc(N4CCc5ccccc5C4)[nH]c(=O)c32)cc1. The quantitative estimate of drug-likeness (QED) is 0.518. The molecule has 0 saturated heterocycles. The molecule has 0 aliphatic carbocycles. The Balaban J connectivity index is 1.41. The van der Waals surface area contributed by atoms with Gasteiger partial charge in [-0.1, -0.05) is 24.3 Å². The first-order chi connectivity index (χ1) is 16.4. The highest BCUT2D eigenvalue weighted by Crippen LogP contribution is 2.31. The van der Waals surface area contributed by atoms with Gasteiger partial charge in [0.05, 0.1) is 11.5 Å². The number of aromatic nitrogens is 2. The number of Topliss-reactive ketones (excluding diaryl/α,β-unsaturated/α-hetero) is 1. The number of hydrogen-bond donors (Lipinski definition) is 3. The van der Waals surface area contributed by atoms with E-state index >= 15 is 0 Å². The maximum Gasteiger partial charge on any atom is 0.258 e. The van der Waals surface area contributed by atoms with Gasteiger partial charge in [-0.25, -0.2) is 0 Å². The molecular formula is C25H23N5O4. The molecule has 2 aliphatic heterocycles. The van der Waals surface area contributed by atoms with Crippen LogP contribution < -0.4 is 21.1 Å². The van der Waals surface area contributed by atoms with Gasteiger partial charge >= 0.3 is 0 Å². The summed E-state index contributed by atoms with van der Waals surface area (Å²) in [4.78, 5) is 59.2. The van der Waals surface area contributed by atoms with Crippen molar-refractivity contribution in [2.75, 3.05) is 22.1 Å². The number of nitrogens with zero attached hydrogens (tertiary/aromatic N) is 2. The van der Waals surface area contributed by atoms with Crippen molar-refractivity contribution < 1.29 is 14.4 Å². The molecule has 3 N–H and O–H groups in total. The molecule has 0 spiro atoms. The van der Waals surface area contributed by atoms with Crippen LogP contribution in [0.3, 0.4) is 0 Å². The molecule has 0 saturated carbocycles. The number of rotatable bonds is 4. The van der Waals surface area contributed by atoms with E-state index < -0.39 is 17.4 Å². The summed E-state index contributed by atoms with van der Waals surface area (Å²) < 4.78 is 0. The number of amides is 2. The van der Waals surface area contributed by atoms with E-state index in [1.165, 1.54) is 12.5 Å². The maximum atomic E-state index is 13.1. The molecule has 5 rings (SSSR count). The normalized spacial score (nSPS) is 16.8. The largest absolute Gasteiger partial charge is 0.338 e. The molecule has 0 fully saturated rings. The van der Waals surface area contributed by atoms with Gasteiger partial charge < -0.3 is 15.5 Å². The van der Waals surface area contributed by atoms with Crippen LogP contribution >= 0.6 is 0 Å². The van der Waals surface area contributed by atoms with Crippen molar-refractivity contribution in [1.82, 2.24) is 9.97 Å². The lowest BCUT2D eigenvalue weighted by Gasteiger charge is -2.30. The number of H-pyrrole nitrogens is 1. The number of fused-ring (bicyclic) bond motifs is 2. The van der Waals surface area contributed by atoms with Crippen LogP contribution in [0.2, 0.25) is 0 Å². The van der Waals surface area contributed by atoms with Gasteiger partial charge in [-0.2, -0.15) is 4.98 Å². The molecule has 9 nitrogen and oxygen atoms in total. The zero-order valence-corrected chi connectivity index (χ0v) is 18.6. The molecule has 0 bridgehead atoms. The Bertz CT molecular complexity index is 1360. The van der Waals surface area contributed by atoms with Crippen LogP contribution in [-0.2, 0) is 22.6 Å². The van der Waals surface area contributed by atoms with Crippen molar-refractivity contribution in [2.24, 2.45) is 0 Å². The summed E-state index contributed by atoms with van der Waals surface area (Å²) in [5.41, 5.74) is 3.10. The second-order valence-electron chi connectivity index (χ2n) is 8.52. The second-order valence-corrected chi connectivity index (χ2v) is 8.52. The van der Waals surface area contributed by atoms with Gasteiger partial charge in [0.2, 0.25) is 17.8 Å². The van der Waals surface area contributed by atoms with Crippen molar-refractivity contribution in [2.45, 2.75) is 32.2 Å². The van der Waals surface area contributed by atoms with E-state index in [1.54, 1.807) is 24.3 Å². The Labute approximate surface area is 195 Å². The molecule has 2 aliphatic rings. The number of aromatic amines is 1. The van der Waals surface area contributed by atoms with Crippen molar-refractivity contribution in [3.8, 4) is 0 Å². The van der Waals surface area contributed by atoms with E-state index in [0.29, 0.717) is 30.3 Å². The molecule has 172 valence electrons. The maximum absolute atomic E-state index is 13.1. The molecule has 2 amide bonds. The number of anilines is 3. The van der Waals surface area contributed by atoms with Crippen LogP contribution in [0.4, 0.5) is 17.5 Å². The van der Waals surface area contributed by atoms with Gasteiger partial charge in [0.1, 0.15) is 5.82 Å². The fourth-order valence-corrected chi connectivity index (χ4v) is 4.43. The first-order valence-corrected chi connectivity index (χ1v) is 11.1. The zero-order chi connectivity index (χ0) is 23.8. The number of hydrogen-bond acceptors (Lipinski definition) is 6. The Kier molecular flexibility index (Phi) is 5.45. The summed E-state index contributed by atoms with van der Waals surface area (Å²) in [7, 11) is 0. The molecular weight excluding hydrogens is 434 g/mol. The fraction of sp³-hybridized carbons (Fsp3) is 0.240. The zero-order valence-electron chi connectivity index (χ0n) is 18.6. The summed E-state index contributed by atoms with van der Waals surface area (Å²) in [6.07, 6.45) is 0.655. The van der Waals surface area contributed by atoms with Crippen molar-refractivity contribution in [3.05, 3.63) is 81.1 Å². The lowest BCUT2D eigenvalue weighted by Crippen LogP contribution is -2.38. The topological polar surface area (TPSA) is 124 Å². The summed E-state index contributed by atoms with van der Waals surface area (Å²) in [5.74, 6) is -1.46. The molecule has 3 heterocycles. The van der Waals surface area contributed by atoms with E-state index in [9.17, 15) is 19.2 Å². The molecule has 3 aromatic rings. The van der Waals surface area contributed by atoms with Gasteiger partial charge in [-0.05, 0) is 48.7 Å². The number of ketones is 1. The third-order valence-corrected chi connectivity index (χ3v) is 6.24. The van der Waals surface area contributed by atoms with Crippen molar-refractivity contribution >= 4 is 35.1 Å². The van der Waals surface area contributed by atoms with Crippen molar-refractivity contribution in [3.63, 3.8) is 0 Å². The van der Waals surface area contributed by atoms with Crippen LogP contribution in [0.1, 0.15) is 46.3 Å². The molecule has 1 aromatic heterocycles. The van der Waals surface area contributed by atoms with E-state index in [4.69, 9.17) is 0 Å². The first-order valence-electron chi connectivity index (χ1n) is 11.1. The summed E-state index contributed by atoms with van der Waals surface area (Å²) in [5, 5.41) is 5.39. The van der Waals surface area contributed by atoms with Gasteiger partial charge in [0, 0.05) is 30.8 Å². The van der Waals surface area contributed by atoms with Crippen LogP contribution in [0.5, 0.6) is 0 Å². The first kappa shape index (κ1) is 21.6. The third-order valence-electron chi connectivity index (χ3n) is 6.24. The van der Waals surface area contributed by atoms with E-state index in [2.05, 4.69) is 26.7 Å². The number of carbonyl (C=O) groups is 3. The van der Waals surface area contributed by atoms with Gasteiger partial charge in [-0.15, -0.1) is 0 Å². The lowest BCUT2D eigenvalue weighted by atomic mass is 9.92. The standard InChI is InChI=1S/C25H23N5O4/c1-14(31)15-6-8-18(9-7-15)26-23(33)19-12-20(32)27-22-21(19)24(34)29-25(28-22)30-11-10-16-4-2-3-5-17(16)13-30/h2-9,19H,10-13H2,1H3,(H,26,33)(H2,27,28,29,32,34). The minimum Gasteiger partial charge on any atom is -0.338 e. The second kappa shape index (κ2) is 8.58.